The fourth-order valence-electron chi connectivity index (χ4n) is 2.62. The Hall–Kier alpha value is -3.02. The number of anilines is 1. The second-order valence-corrected chi connectivity index (χ2v) is 6.37. The Labute approximate surface area is 151 Å². The molecule has 0 aliphatic heterocycles. The summed E-state index contributed by atoms with van der Waals surface area (Å²) in [5, 5.41) is 4.61. The molecular formula is C20H21NO5. The first kappa shape index (κ1) is 17.8. The van der Waals surface area contributed by atoms with E-state index in [0.29, 0.717) is 17.0 Å². The molecule has 0 spiro atoms. The van der Waals surface area contributed by atoms with Crippen LogP contribution < -0.4 is 10.1 Å². The Kier molecular flexibility index (Phi) is 4.84. The van der Waals surface area contributed by atoms with Crippen molar-refractivity contribution in [3.05, 3.63) is 36.4 Å². The number of carbonyl (C=O) groups is 2. The van der Waals surface area contributed by atoms with E-state index < -0.39 is 18.0 Å². The highest BCUT2D eigenvalue weighted by molar-refractivity contribution is 6.08. The van der Waals surface area contributed by atoms with E-state index in [1.807, 2.05) is 30.3 Å². The van der Waals surface area contributed by atoms with Gasteiger partial charge < -0.3 is 19.2 Å². The summed E-state index contributed by atoms with van der Waals surface area (Å²) in [5.41, 5.74) is 1.85. The summed E-state index contributed by atoms with van der Waals surface area (Å²) in [4.78, 5) is 24.0. The van der Waals surface area contributed by atoms with Gasteiger partial charge in [-0.05, 0) is 19.1 Å². The van der Waals surface area contributed by atoms with Gasteiger partial charge in [0, 0.05) is 16.8 Å². The van der Waals surface area contributed by atoms with Crippen molar-refractivity contribution in [1.29, 1.82) is 0 Å². The summed E-state index contributed by atoms with van der Waals surface area (Å²) in [6.07, 6.45) is -0.916. The molecule has 3 aromatic rings. The minimum atomic E-state index is -0.916. The van der Waals surface area contributed by atoms with Crippen LogP contribution >= 0.6 is 0 Å². The fourth-order valence-corrected chi connectivity index (χ4v) is 2.62. The maximum atomic E-state index is 12.4. The number of carbonyl (C=O) groups excluding carboxylic acids is 2. The smallest absolute Gasteiger partial charge is 0.309 e. The summed E-state index contributed by atoms with van der Waals surface area (Å²) in [7, 11) is 1.53. The first-order valence-electron chi connectivity index (χ1n) is 8.41. The van der Waals surface area contributed by atoms with Gasteiger partial charge >= 0.3 is 5.97 Å². The zero-order valence-corrected chi connectivity index (χ0v) is 15.2. The molecule has 1 heterocycles. The molecule has 0 saturated heterocycles. The SMILES string of the molecule is COc1cc2c(cc1NC(=O)[C@H](C)OC(=O)C(C)C)oc1ccccc12. The topological polar surface area (TPSA) is 77.8 Å². The predicted molar refractivity (Wildman–Crippen MR) is 99.3 cm³/mol. The molecule has 6 heteroatoms. The standard InChI is InChI=1S/C20H21NO5/c1-11(2)20(23)25-12(3)19(22)21-15-10-17-14(9-18(15)24-4)13-7-5-6-8-16(13)26-17/h5-12H,1-4H3,(H,21,22)/t12-/m0/s1. The molecule has 1 atom stereocenters. The van der Waals surface area contributed by atoms with Crippen LogP contribution in [-0.2, 0) is 14.3 Å². The van der Waals surface area contributed by atoms with Crippen molar-refractivity contribution >= 4 is 39.5 Å². The summed E-state index contributed by atoms with van der Waals surface area (Å²) < 4.78 is 16.4. The van der Waals surface area contributed by atoms with Crippen molar-refractivity contribution in [3.63, 3.8) is 0 Å². The van der Waals surface area contributed by atoms with Gasteiger partial charge in [-0.25, -0.2) is 0 Å². The number of ether oxygens (including phenoxy) is 2. The third-order valence-electron chi connectivity index (χ3n) is 4.09. The van der Waals surface area contributed by atoms with Crippen molar-refractivity contribution in [1.82, 2.24) is 0 Å². The van der Waals surface area contributed by atoms with Crippen LogP contribution in [-0.4, -0.2) is 25.1 Å². The molecule has 136 valence electrons. The van der Waals surface area contributed by atoms with Gasteiger partial charge in [0.25, 0.3) is 5.91 Å². The third-order valence-corrected chi connectivity index (χ3v) is 4.09. The van der Waals surface area contributed by atoms with E-state index in [1.165, 1.54) is 14.0 Å². The molecule has 6 nitrogen and oxygen atoms in total. The van der Waals surface area contributed by atoms with Gasteiger partial charge in [0.05, 0.1) is 18.7 Å². The van der Waals surface area contributed by atoms with E-state index in [-0.39, 0.29) is 5.92 Å². The maximum Gasteiger partial charge on any atom is 0.309 e. The number of furan rings is 1. The van der Waals surface area contributed by atoms with E-state index in [4.69, 9.17) is 13.9 Å². The molecule has 0 aliphatic carbocycles. The number of methoxy groups -OCH3 is 1. The first-order valence-corrected chi connectivity index (χ1v) is 8.41. The maximum absolute atomic E-state index is 12.4. The van der Waals surface area contributed by atoms with E-state index in [9.17, 15) is 9.59 Å². The monoisotopic (exact) mass is 355 g/mol. The van der Waals surface area contributed by atoms with E-state index >= 15 is 0 Å². The molecule has 3 rings (SSSR count). The third kappa shape index (κ3) is 3.35. The zero-order chi connectivity index (χ0) is 18.8. The summed E-state index contributed by atoms with van der Waals surface area (Å²) in [6.45, 7) is 4.96. The van der Waals surface area contributed by atoms with Crippen molar-refractivity contribution in [3.8, 4) is 5.75 Å². The number of hydrogen-bond acceptors (Lipinski definition) is 5. The largest absolute Gasteiger partial charge is 0.495 e. The van der Waals surface area contributed by atoms with E-state index in [2.05, 4.69) is 5.32 Å². The Morgan fingerprint density at radius 3 is 2.46 bits per heavy atom. The average Bonchev–Trinajstić information content (AvgIpc) is 2.98. The molecule has 0 fully saturated rings. The second-order valence-electron chi connectivity index (χ2n) is 6.37. The minimum Gasteiger partial charge on any atom is -0.495 e. The average molecular weight is 355 g/mol. The van der Waals surface area contributed by atoms with Crippen LogP contribution in [0.3, 0.4) is 0 Å². The number of hydrogen-bond donors (Lipinski definition) is 1. The van der Waals surface area contributed by atoms with Gasteiger partial charge in [0.15, 0.2) is 6.10 Å². The quantitative estimate of drug-likeness (QED) is 0.697. The number of amides is 1. The number of fused-ring (bicyclic) bond motifs is 3. The zero-order valence-electron chi connectivity index (χ0n) is 15.2. The Balaban J connectivity index is 1.90. The van der Waals surface area contributed by atoms with Gasteiger partial charge in [-0.2, -0.15) is 0 Å². The lowest BCUT2D eigenvalue weighted by atomic mass is 10.1. The summed E-state index contributed by atoms with van der Waals surface area (Å²) >= 11 is 0. The van der Waals surface area contributed by atoms with Crippen LogP contribution in [0.2, 0.25) is 0 Å². The first-order chi connectivity index (χ1) is 12.4. The molecule has 26 heavy (non-hydrogen) atoms. The molecule has 0 radical (unpaired) electrons. The van der Waals surface area contributed by atoms with Crippen molar-refractivity contribution in [2.24, 2.45) is 5.92 Å². The number of nitrogens with one attached hydrogen (secondary N) is 1. The Bertz CT molecular complexity index is 973. The molecule has 2 aromatic carbocycles. The summed E-state index contributed by atoms with van der Waals surface area (Å²) in [5.74, 6) is -0.661. The minimum absolute atomic E-state index is 0.299. The molecule has 1 N–H and O–H groups in total. The van der Waals surface area contributed by atoms with Gasteiger partial charge in [-0.3, -0.25) is 9.59 Å². The van der Waals surface area contributed by atoms with Gasteiger partial charge in [-0.15, -0.1) is 0 Å². The second kappa shape index (κ2) is 7.07. The van der Waals surface area contributed by atoms with Crippen LogP contribution in [0.5, 0.6) is 5.75 Å². The van der Waals surface area contributed by atoms with Crippen molar-refractivity contribution in [2.75, 3.05) is 12.4 Å². The number of benzene rings is 2. The van der Waals surface area contributed by atoms with Gasteiger partial charge in [-0.1, -0.05) is 32.0 Å². The van der Waals surface area contributed by atoms with Crippen LogP contribution in [0, 0.1) is 5.92 Å². The lowest BCUT2D eigenvalue weighted by Crippen LogP contribution is -2.31. The highest BCUT2D eigenvalue weighted by Crippen LogP contribution is 2.36. The van der Waals surface area contributed by atoms with E-state index in [0.717, 1.165) is 16.4 Å². The van der Waals surface area contributed by atoms with Crippen LogP contribution in [0.25, 0.3) is 21.9 Å². The van der Waals surface area contributed by atoms with Gasteiger partial charge in [0.2, 0.25) is 0 Å². The fraction of sp³-hybridized carbons (Fsp3) is 0.300. The molecular weight excluding hydrogens is 334 g/mol. The lowest BCUT2D eigenvalue weighted by molar-refractivity contribution is -0.156. The molecule has 1 amide bonds. The van der Waals surface area contributed by atoms with E-state index in [1.54, 1.807) is 19.9 Å². The Morgan fingerprint density at radius 1 is 1.04 bits per heavy atom. The lowest BCUT2D eigenvalue weighted by Gasteiger charge is -2.16. The number of para-hydroxylation sites is 1. The van der Waals surface area contributed by atoms with Crippen LogP contribution in [0.4, 0.5) is 5.69 Å². The molecule has 0 saturated carbocycles. The summed E-state index contributed by atoms with van der Waals surface area (Å²) in [6, 6.07) is 11.2. The van der Waals surface area contributed by atoms with Crippen LogP contribution in [0.1, 0.15) is 20.8 Å². The highest BCUT2D eigenvalue weighted by Gasteiger charge is 2.21. The number of rotatable bonds is 5. The molecule has 1 aromatic heterocycles. The van der Waals surface area contributed by atoms with Crippen LogP contribution in [0.15, 0.2) is 40.8 Å². The van der Waals surface area contributed by atoms with Crippen molar-refractivity contribution in [2.45, 2.75) is 26.9 Å². The normalized spacial score (nSPS) is 12.3. The molecule has 0 bridgehead atoms. The Morgan fingerprint density at radius 2 is 1.77 bits per heavy atom. The van der Waals surface area contributed by atoms with Gasteiger partial charge in [0.1, 0.15) is 16.9 Å². The highest BCUT2D eigenvalue weighted by atomic mass is 16.5. The number of esters is 1. The molecule has 0 aliphatic rings. The van der Waals surface area contributed by atoms with Crippen molar-refractivity contribution < 1.29 is 23.5 Å². The predicted octanol–water partition coefficient (Wildman–Crippen LogP) is 4.12. The molecule has 0 unspecified atom stereocenters.